The van der Waals surface area contributed by atoms with E-state index >= 15 is 0 Å². The van der Waals surface area contributed by atoms with Crippen LogP contribution in [-0.2, 0) is 14.3 Å². The molecule has 3 aromatic rings. The number of amides is 2. The fourth-order valence-electron chi connectivity index (χ4n) is 4.11. The molecule has 2 aromatic heterocycles. The van der Waals surface area contributed by atoms with Crippen molar-refractivity contribution in [3.63, 3.8) is 0 Å². The highest BCUT2D eigenvalue weighted by molar-refractivity contribution is 8.18. The van der Waals surface area contributed by atoms with E-state index in [1.54, 1.807) is 22.9 Å². The van der Waals surface area contributed by atoms with Crippen LogP contribution in [0.25, 0.3) is 23.0 Å². The minimum absolute atomic E-state index is 0.241. The number of ether oxygens (including phenoxy) is 1. The van der Waals surface area contributed by atoms with E-state index in [1.807, 2.05) is 6.07 Å². The lowest BCUT2D eigenvalue weighted by Gasteiger charge is -2.36. The molecular weight excluding hydrogens is 468 g/mol. The highest BCUT2D eigenvalue weighted by Crippen LogP contribution is 2.27. The second kappa shape index (κ2) is 9.88. The summed E-state index contributed by atoms with van der Waals surface area (Å²) in [6, 6.07) is 11.9. The molecule has 2 saturated heterocycles. The maximum Gasteiger partial charge on any atom is 0.302 e. The molecular formula is C24H24N6O4S. The number of aromatic nitrogens is 3. The first-order valence-electron chi connectivity index (χ1n) is 11.3. The zero-order chi connectivity index (χ0) is 24.4. The summed E-state index contributed by atoms with van der Waals surface area (Å²) in [6.45, 7) is 6.26. The van der Waals surface area contributed by atoms with Gasteiger partial charge in [-0.15, -0.1) is 0 Å². The van der Waals surface area contributed by atoms with E-state index in [1.165, 1.54) is 6.92 Å². The van der Waals surface area contributed by atoms with E-state index in [9.17, 15) is 14.4 Å². The van der Waals surface area contributed by atoms with Crippen LogP contribution in [0.2, 0.25) is 0 Å². The number of benzene rings is 1. The molecule has 0 atom stereocenters. The molecule has 4 heterocycles. The molecule has 2 aliphatic rings. The molecule has 5 rings (SSSR count). The van der Waals surface area contributed by atoms with E-state index in [0.29, 0.717) is 22.9 Å². The number of nitrogens with zero attached hydrogens (tertiary/aromatic N) is 5. The number of carbonyl (C=O) groups is 3. The lowest BCUT2D eigenvalue weighted by Crippen LogP contribution is -2.47. The molecule has 2 amide bonds. The molecule has 10 nitrogen and oxygen atoms in total. The number of nitrogens with one attached hydrogen (secondary N) is 1. The molecule has 0 unspecified atom stereocenters. The highest BCUT2D eigenvalue weighted by atomic mass is 32.2. The lowest BCUT2D eigenvalue weighted by molar-refractivity contribution is -0.141. The Hall–Kier alpha value is -3.70. The number of piperazine rings is 1. The number of hydrogen-bond donors (Lipinski definition) is 1. The number of esters is 1. The number of hydrogen-bond acceptors (Lipinski definition) is 9. The van der Waals surface area contributed by atoms with Crippen LogP contribution in [0.1, 0.15) is 12.6 Å². The van der Waals surface area contributed by atoms with Crippen molar-refractivity contribution in [1.82, 2.24) is 24.8 Å². The molecule has 0 aliphatic carbocycles. The first-order valence-corrected chi connectivity index (χ1v) is 12.1. The minimum Gasteiger partial charge on any atom is -0.465 e. The van der Waals surface area contributed by atoms with Crippen LogP contribution >= 0.6 is 11.8 Å². The Morgan fingerprint density at radius 2 is 1.89 bits per heavy atom. The van der Waals surface area contributed by atoms with Gasteiger partial charge >= 0.3 is 5.97 Å². The summed E-state index contributed by atoms with van der Waals surface area (Å²) in [4.78, 5) is 43.6. The third-order valence-corrected chi connectivity index (χ3v) is 6.73. The summed E-state index contributed by atoms with van der Waals surface area (Å²) in [5.74, 6) is -0.650. The van der Waals surface area contributed by atoms with Crippen LogP contribution in [0, 0.1) is 0 Å². The van der Waals surface area contributed by atoms with Crippen molar-refractivity contribution in [2.24, 2.45) is 0 Å². The third kappa shape index (κ3) is 5.20. The van der Waals surface area contributed by atoms with Crippen molar-refractivity contribution in [1.29, 1.82) is 0 Å². The van der Waals surface area contributed by atoms with Crippen molar-refractivity contribution in [3.8, 4) is 11.3 Å². The smallest absolute Gasteiger partial charge is 0.302 e. The molecule has 1 N–H and O–H groups in total. The molecule has 1 aromatic carbocycles. The zero-order valence-corrected chi connectivity index (χ0v) is 20.0. The van der Waals surface area contributed by atoms with Gasteiger partial charge in [0.05, 0.1) is 22.5 Å². The van der Waals surface area contributed by atoms with Crippen molar-refractivity contribution < 1.29 is 19.1 Å². The first kappa shape index (κ1) is 23.1. The normalized spacial score (nSPS) is 17.9. The van der Waals surface area contributed by atoms with Crippen molar-refractivity contribution >= 4 is 46.3 Å². The molecule has 0 radical (unpaired) electrons. The van der Waals surface area contributed by atoms with Gasteiger partial charge in [0.1, 0.15) is 6.61 Å². The molecule has 35 heavy (non-hydrogen) atoms. The maximum absolute atomic E-state index is 11.8. The van der Waals surface area contributed by atoms with Gasteiger partial charge in [-0.3, -0.25) is 24.6 Å². The Morgan fingerprint density at radius 1 is 1.11 bits per heavy atom. The first-order chi connectivity index (χ1) is 17.0. The van der Waals surface area contributed by atoms with E-state index in [4.69, 9.17) is 4.74 Å². The fraction of sp³-hybridized carbons (Fsp3) is 0.292. The number of carbonyl (C=O) groups excluding carboxylic acids is 3. The number of rotatable bonds is 6. The largest absolute Gasteiger partial charge is 0.465 e. The average Bonchev–Trinajstić information content (AvgIpc) is 3.41. The van der Waals surface area contributed by atoms with Crippen LogP contribution in [0.3, 0.4) is 0 Å². The Balaban J connectivity index is 1.28. The monoisotopic (exact) mass is 492 g/mol. The number of imidazole rings is 1. The predicted octanol–water partition coefficient (Wildman–Crippen LogP) is 2.41. The summed E-state index contributed by atoms with van der Waals surface area (Å²) < 4.78 is 6.78. The predicted molar refractivity (Wildman–Crippen MR) is 133 cm³/mol. The topological polar surface area (TPSA) is 109 Å². The van der Waals surface area contributed by atoms with Gasteiger partial charge in [-0.25, -0.2) is 9.50 Å². The average molecular weight is 493 g/mol. The van der Waals surface area contributed by atoms with Gasteiger partial charge in [0, 0.05) is 50.9 Å². The molecule has 11 heteroatoms. The molecule has 2 fully saturated rings. The van der Waals surface area contributed by atoms with Gasteiger partial charge in [-0.05, 0) is 42.1 Å². The van der Waals surface area contributed by atoms with Crippen LogP contribution in [-0.4, -0.2) is 75.9 Å². The highest BCUT2D eigenvalue weighted by Gasteiger charge is 2.25. The molecule has 180 valence electrons. The summed E-state index contributed by atoms with van der Waals surface area (Å²) in [5, 5.41) is 6.49. The molecule has 0 bridgehead atoms. The van der Waals surface area contributed by atoms with Crippen molar-refractivity contribution in [2.45, 2.75) is 6.92 Å². The quantitative estimate of drug-likeness (QED) is 0.410. The minimum atomic E-state index is -0.409. The van der Waals surface area contributed by atoms with Crippen LogP contribution in [0.5, 0.6) is 0 Å². The Kier molecular flexibility index (Phi) is 6.51. The summed E-state index contributed by atoms with van der Waals surface area (Å²) in [5.41, 5.74) is 4.21. The van der Waals surface area contributed by atoms with Gasteiger partial charge in [0.25, 0.3) is 11.1 Å². The number of fused-ring (bicyclic) bond motifs is 1. The number of imide groups is 1. The Morgan fingerprint density at radius 3 is 2.57 bits per heavy atom. The van der Waals surface area contributed by atoms with Crippen LogP contribution < -0.4 is 10.2 Å². The molecule has 0 spiro atoms. The van der Waals surface area contributed by atoms with Gasteiger partial charge in [-0.1, -0.05) is 12.1 Å². The zero-order valence-electron chi connectivity index (χ0n) is 19.1. The number of thioether (sulfide) groups is 1. The summed E-state index contributed by atoms with van der Waals surface area (Å²) in [6.07, 6.45) is 3.37. The lowest BCUT2D eigenvalue weighted by atomic mass is 10.1. The third-order valence-electron chi connectivity index (χ3n) is 5.92. The number of anilines is 1. The SMILES string of the molecule is CC(=O)OCCN1CCN(c2ccc(-c3cnc4ccc(C=C5SC(=O)NC5=O)nn34)cc2)CC1. The molecule has 0 saturated carbocycles. The van der Waals surface area contributed by atoms with E-state index < -0.39 is 5.91 Å². The Labute approximate surface area is 205 Å². The fourth-order valence-corrected chi connectivity index (χ4v) is 4.77. The Bertz CT molecular complexity index is 1310. The van der Waals surface area contributed by atoms with E-state index in [-0.39, 0.29) is 11.2 Å². The van der Waals surface area contributed by atoms with Crippen LogP contribution in [0.4, 0.5) is 10.5 Å². The summed E-state index contributed by atoms with van der Waals surface area (Å²) >= 11 is 0.866. The van der Waals surface area contributed by atoms with Gasteiger partial charge < -0.3 is 9.64 Å². The van der Waals surface area contributed by atoms with Gasteiger partial charge in [0.2, 0.25) is 0 Å². The van der Waals surface area contributed by atoms with Crippen molar-refractivity contribution in [2.75, 3.05) is 44.2 Å². The van der Waals surface area contributed by atoms with E-state index in [2.05, 4.69) is 49.5 Å². The molecule has 2 aliphatic heterocycles. The van der Waals surface area contributed by atoms with E-state index in [0.717, 1.165) is 61.4 Å². The van der Waals surface area contributed by atoms with Gasteiger partial charge in [-0.2, -0.15) is 5.10 Å². The van der Waals surface area contributed by atoms with Crippen molar-refractivity contribution in [3.05, 3.63) is 53.2 Å². The second-order valence-corrected chi connectivity index (χ2v) is 9.25. The maximum atomic E-state index is 11.8. The van der Waals surface area contributed by atoms with Crippen LogP contribution in [0.15, 0.2) is 47.5 Å². The standard InChI is InChI=1S/C24H24N6O4S/c1-16(31)34-13-12-28-8-10-29(11-9-28)19-5-2-17(3-6-19)20-15-25-22-7-4-18(27-30(20)22)14-21-23(32)26-24(33)35-21/h2-7,14-15H,8-13H2,1H3,(H,26,32,33). The summed E-state index contributed by atoms with van der Waals surface area (Å²) in [7, 11) is 0. The second-order valence-electron chi connectivity index (χ2n) is 8.24. The van der Waals surface area contributed by atoms with Gasteiger partial charge in [0.15, 0.2) is 5.65 Å².